The zero-order valence-corrected chi connectivity index (χ0v) is 22.6. The van der Waals surface area contributed by atoms with E-state index in [-0.39, 0.29) is 25.7 Å². The SMILES string of the molecule is CC1(C)CCC(C)(C)OOC(=O)CCC(=O)OOC(C)(C)CCC(C)(C)OOC(=O)CCC(=O)OO1. The highest BCUT2D eigenvalue weighted by Crippen LogP contribution is 2.27. The van der Waals surface area contributed by atoms with Gasteiger partial charge in [-0.15, -0.1) is 0 Å². The maximum Gasteiger partial charge on any atom is 0.342 e. The number of hydrogen-bond acceptors (Lipinski definition) is 12. The van der Waals surface area contributed by atoms with E-state index in [2.05, 4.69) is 0 Å². The van der Waals surface area contributed by atoms with Gasteiger partial charge < -0.3 is 0 Å². The van der Waals surface area contributed by atoms with Gasteiger partial charge in [0.05, 0.1) is 25.7 Å². The van der Waals surface area contributed by atoms with Crippen LogP contribution in [0.3, 0.4) is 0 Å². The Kier molecular flexibility index (Phi) is 11.7. The van der Waals surface area contributed by atoms with Crippen LogP contribution < -0.4 is 0 Å². The van der Waals surface area contributed by atoms with Crippen molar-refractivity contribution in [3.05, 3.63) is 0 Å². The van der Waals surface area contributed by atoms with E-state index in [0.29, 0.717) is 25.7 Å². The summed E-state index contributed by atoms with van der Waals surface area (Å²) in [6.07, 6.45) is 0.408. The molecule has 1 rings (SSSR count). The number of hydrogen-bond donors (Lipinski definition) is 0. The zero-order valence-electron chi connectivity index (χ0n) is 22.6. The molecule has 0 spiro atoms. The van der Waals surface area contributed by atoms with Crippen LogP contribution in [-0.4, -0.2) is 46.3 Å². The van der Waals surface area contributed by atoms with Crippen molar-refractivity contribution in [2.45, 2.75) is 129 Å². The highest BCUT2D eigenvalue weighted by molar-refractivity contribution is 5.77. The topological polar surface area (TPSA) is 142 Å². The molecule has 0 bridgehead atoms. The van der Waals surface area contributed by atoms with E-state index in [4.69, 9.17) is 39.1 Å². The van der Waals surface area contributed by atoms with Crippen molar-refractivity contribution in [3.8, 4) is 0 Å². The molecular formula is C24H40O12. The molecule has 12 nitrogen and oxygen atoms in total. The normalized spacial score (nSPS) is 25.3. The maximum absolute atomic E-state index is 12.0. The quantitative estimate of drug-likeness (QED) is 0.424. The van der Waals surface area contributed by atoms with Crippen LogP contribution in [0.1, 0.15) is 107 Å². The molecule has 1 fully saturated rings. The number of carbonyl (C=O) groups excluding carboxylic acids is 4. The van der Waals surface area contributed by atoms with E-state index in [9.17, 15) is 19.2 Å². The molecule has 1 aliphatic rings. The highest BCUT2D eigenvalue weighted by atomic mass is 17.2. The van der Waals surface area contributed by atoms with E-state index < -0.39 is 46.3 Å². The van der Waals surface area contributed by atoms with E-state index in [0.717, 1.165) is 0 Å². The molecule has 1 saturated heterocycles. The molecule has 0 aliphatic carbocycles. The van der Waals surface area contributed by atoms with Crippen LogP contribution in [0.5, 0.6) is 0 Å². The molecule has 0 saturated carbocycles. The lowest BCUT2D eigenvalue weighted by Crippen LogP contribution is -2.33. The summed E-state index contributed by atoms with van der Waals surface area (Å²) in [6, 6.07) is 0. The van der Waals surface area contributed by atoms with Crippen LogP contribution in [0.4, 0.5) is 0 Å². The lowest BCUT2D eigenvalue weighted by Gasteiger charge is -2.29. The first-order valence-electron chi connectivity index (χ1n) is 11.9. The molecule has 1 aliphatic heterocycles. The van der Waals surface area contributed by atoms with Gasteiger partial charge in [-0.1, -0.05) is 0 Å². The summed E-state index contributed by atoms with van der Waals surface area (Å²) in [6.45, 7) is 13.6. The predicted octanol–water partition coefficient (Wildman–Crippen LogP) is 4.13. The molecule has 0 N–H and O–H groups in total. The summed E-state index contributed by atoms with van der Waals surface area (Å²) in [4.78, 5) is 88.2. The molecule has 0 amide bonds. The van der Waals surface area contributed by atoms with Crippen molar-refractivity contribution in [1.29, 1.82) is 0 Å². The minimum absolute atomic E-state index is 0.268. The first-order valence-corrected chi connectivity index (χ1v) is 11.9. The third-order valence-corrected chi connectivity index (χ3v) is 5.17. The summed E-state index contributed by atoms with van der Waals surface area (Å²) in [5.74, 6) is -2.98. The van der Waals surface area contributed by atoms with Gasteiger partial charge in [-0.2, -0.15) is 19.6 Å². The first-order chi connectivity index (χ1) is 16.4. The first kappa shape index (κ1) is 31.7. The second-order valence-electron chi connectivity index (χ2n) is 11.2. The summed E-state index contributed by atoms with van der Waals surface area (Å²) in [5.41, 5.74) is -3.56. The standard InChI is InChI=1S/C24H40O12/c1-21(2)13-14-22(3,4)34-30-19(27)11-12-20(28)32-36-24(7,8)16-15-23(5,6)35-31-18(26)10-9-17(25)29-33-21/h9-16H2,1-8H3. The zero-order chi connectivity index (χ0) is 27.6. The van der Waals surface area contributed by atoms with Gasteiger partial charge in [-0.3, -0.25) is 19.6 Å². The Balaban J connectivity index is 2.81. The summed E-state index contributed by atoms with van der Waals surface area (Å²) < 4.78 is 0. The van der Waals surface area contributed by atoms with Gasteiger partial charge in [0.2, 0.25) is 0 Å². The van der Waals surface area contributed by atoms with Gasteiger partial charge in [0.15, 0.2) is 0 Å². The van der Waals surface area contributed by atoms with Crippen molar-refractivity contribution in [2.24, 2.45) is 0 Å². The van der Waals surface area contributed by atoms with Gasteiger partial charge in [0.25, 0.3) is 0 Å². The molecule has 12 heteroatoms. The molecule has 0 unspecified atom stereocenters. The number of carbonyl (C=O) groups is 4. The van der Waals surface area contributed by atoms with Crippen LogP contribution >= 0.6 is 0 Å². The van der Waals surface area contributed by atoms with Crippen LogP contribution in [0.25, 0.3) is 0 Å². The van der Waals surface area contributed by atoms with Crippen LogP contribution in [0.15, 0.2) is 0 Å². The van der Waals surface area contributed by atoms with Crippen molar-refractivity contribution >= 4 is 23.9 Å². The predicted molar refractivity (Wildman–Crippen MR) is 122 cm³/mol. The van der Waals surface area contributed by atoms with Crippen molar-refractivity contribution in [2.75, 3.05) is 0 Å². The Labute approximate surface area is 211 Å². The summed E-state index contributed by atoms with van der Waals surface area (Å²) in [7, 11) is 0. The van der Waals surface area contributed by atoms with Gasteiger partial charge in [0.1, 0.15) is 22.4 Å². The summed E-state index contributed by atoms with van der Waals surface area (Å²) >= 11 is 0. The van der Waals surface area contributed by atoms with Gasteiger partial charge >= 0.3 is 23.9 Å². The van der Waals surface area contributed by atoms with Crippen molar-refractivity contribution in [3.63, 3.8) is 0 Å². The Hall–Kier alpha value is -2.28. The molecule has 0 aromatic carbocycles. The summed E-state index contributed by atoms with van der Waals surface area (Å²) in [5, 5.41) is 0. The highest BCUT2D eigenvalue weighted by Gasteiger charge is 2.31. The van der Waals surface area contributed by atoms with Crippen LogP contribution in [0.2, 0.25) is 0 Å². The average Bonchev–Trinajstić information content (AvgIpc) is 2.78. The lowest BCUT2D eigenvalue weighted by atomic mass is 9.94. The fourth-order valence-electron chi connectivity index (χ4n) is 2.58. The maximum atomic E-state index is 12.0. The monoisotopic (exact) mass is 520 g/mol. The van der Waals surface area contributed by atoms with Crippen LogP contribution in [-0.2, 0) is 58.3 Å². The average molecular weight is 521 g/mol. The van der Waals surface area contributed by atoms with Crippen molar-refractivity contribution in [1.82, 2.24) is 0 Å². The Morgan fingerprint density at radius 3 is 0.722 bits per heavy atom. The fourth-order valence-corrected chi connectivity index (χ4v) is 2.58. The largest absolute Gasteiger partial charge is 0.342 e. The minimum atomic E-state index is -0.890. The molecule has 208 valence electrons. The van der Waals surface area contributed by atoms with E-state index in [1.54, 1.807) is 55.4 Å². The molecule has 0 aromatic rings. The number of rotatable bonds is 0. The molecule has 0 aromatic heterocycles. The molecule has 1 heterocycles. The van der Waals surface area contributed by atoms with Gasteiger partial charge in [0, 0.05) is 0 Å². The van der Waals surface area contributed by atoms with E-state index >= 15 is 0 Å². The second-order valence-corrected chi connectivity index (χ2v) is 11.2. The second kappa shape index (κ2) is 13.3. The fraction of sp³-hybridized carbons (Fsp3) is 0.833. The lowest BCUT2D eigenvalue weighted by molar-refractivity contribution is -0.344. The molecular weight excluding hydrogens is 480 g/mol. The third kappa shape index (κ3) is 14.3. The van der Waals surface area contributed by atoms with E-state index in [1.807, 2.05) is 0 Å². The van der Waals surface area contributed by atoms with Gasteiger partial charge in [-0.25, -0.2) is 19.2 Å². The smallest absolute Gasteiger partial charge is 0.298 e. The Bertz CT molecular complexity index is 641. The van der Waals surface area contributed by atoms with Crippen LogP contribution in [0, 0.1) is 0 Å². The Morgan fingerprint density at radius 2 is 0.556 bits per heavy atom. The minimum Gasteiger partial charge on any atom is -0.298 e. The molecule has 0 atom stereocenters. The Morgan fingerprint density at radius 1 is 0.389 bits per heavy atom. The third-order valence-electron chi connectivity index (χ3n) is 5.17. The molecule has 36 heavy (non-hydrogen) atoms. The molecule has 0 radical (unpaired) electrons. The van der Waals surface area contributed by atoms with E-state index in [1.165, 1.54) is 0 Å². The van der Waals surface area contributed by atoms with Gasteiger partial charge in [-0.05, 0) is 81.1 Å². The van der Waals surface area contributed by atoms with Crippen molar-refractivity contribution < 1.29 is 58.3 Å².